The number of fused-ring (bicyclic) bond motifs is 1. The van der Waals surface area contributed by atoms with Crippen LogP contribution in [0.1, 0.15) is 37.6 Å². The highest BCUT2D eigenvalue weighted by Crippen LogP contribution is 2.41. The van der Waals surface area contributed by atoms with Crippen LogP contribution in [0.5, 0.6) is 0 Å². The Labute approximate surface area is 114 Å². The van der Waals surface area contributed by atoms with E-state index in [9.17, 15) is 5.11 Å². The molecule has 0 amide bonds. The Balaban J connectivity index is 2.08. The molecule has 2 rings (SSSR count). The third kappa shape index (κ3) is 3.01. The summed E-state index contributed by atoms with van der Waals surface area (Å²) < 4.78 is 2.32. The number of thioether (sulfide) groups is 1. The maximum atomic E-state index is 10.2. The molecule has 0 spiro atoms. The van der Waals surface area contributed by atoms with Gasteiger partial charge < -0.3 is 9.67 Å². The Morgan fingerprint density at radius 2 is 2.39 bits per heavy atom. The highest BCUT2D eigenvalue weighted by Gasteiger charge is 2.32. The third-order valence-electron chi connectivity index (χ3n) is 3.58. The van der Waals surface area contributed by atoms with E-state index in [0.717, 1.165) is 36.5 Å². The number of aromatic nitrogens is 1. The van der Waals surface area contributed by atoms with Gasteiger partial charge in [0.05, 0.1) is 6.10 Å². The molecule has 0 aromatic carbocycles. The number of rotatable bonds is 5. The van der Waals surface area contributed by atoms with Crippen molar-refractivity contribution >= 4 is 11.8 Å². The Kier molecular flexibility index (Phi) is 4.23. The fourth-order valence-corrected chi connectivity index (χ4v) is 3.39. The van der Waals surface area contributed by atoms with Crippen molar-refractivity contribution in [3.05, 3.63) is 36.2 Å². The Morgan fingerprint density at radius 1 is 1.61 bits per heavy atom. The minimum atomic E-state index is -0.286. The number of aliphatic hydroxyl groups excluding tert-OH is 1. The molecule has 1 N–H and O–H groups in total. The summed E-state index contributed by atoms with van der Waals surface area (Å²) in [5, 5.41) is 10.2. The molecule has 100 valence electrons. The maximum absolute atomic E-state index is 10.2. The second-order valence-corrected chi connectivity index (χ2v) is 6.99. The first-order valence-corrected chi connectivity index (χ1v) is 7.73. The van der Waals surface area contributed by atoms with Gasteiger partial charge in [-0.25, -0.2) is 0 Å². The standard InChI is InChI=1S/C15H23NOS/c1-4-8-18-9-7-16-6-5-12-13(16)10-15(2,3)11-14(12)17/h4-6,14,17H,1,7-11H2,2-3H3. The van der Waals surface area contributed by atoms with E-state index in [0.29, 0.717) is 0 Å². The minimum Gasteiger partial charge on any atom is -0.388 e. The maximum Gasteiger partial charge on any atom is 0.0812 e. The molecule has 0 saturated carbocycles. The van der Waals surface area contributed by atoms with Crippen LogP contribution in [0.3, 0.4) is 0 Å². The molecule has 0 radical (unpaired) electrons. The molecular formula is C15H23NOS. The Bertz CT molecular complexity index is 422. The van der Waals surface area contributed by atoms with Gasteiger partial charge in [0.1, 0.15) is 0 Å². The molecule has 0 fully saturated rings. The van der Waals surface area contributed by atoms with Gasteiger partial charge in [-0.15, -0.1) is 6.58 Å². The molecule has 2 nitrogen and oxygen atoms in total. The van der Waals surface area contributed by atoms with Crippen molar-refractivity contribution in [1.82, 2.24) is 4.57 Å². The highest BCUT2D eigenvalue weighted by molar-refractivity contribution is 7.99. The SMILES string of the molecule is C=CCSCCn1ccc2c1CC(C)(C)CC2O. The van der Waals surface area contributed by atoms with Crippen molar-refractivity contribution < 1.29 is 5.11 Å². The van der Waals surface area contributed by atoms with Crippen molar-refractivity contribution in [3.63, 3.8) is 0 Å². The van der Waals surface area contributed by atoms with Crippen molar-refractivity contribution in [2.75, 3.05) is 11.5 Å². The van der Waals surface area contributed by atoms with E-state index in [1.54, 1.807) is 0 Å². The Morgan fingerprint density at radius 3 is 3.11 bits per heavy atom. The lowest BCUT2D eigenvalue weighted by atomic mass is 9.75. The third-order valence-corrected chi connectivity index (χ3v) is 4.52. The lowest BCUT2D eigenvalue weighted by molar-refractivity contribution is 0.0980. The average molecular weight is 265 g/mol. The minimum absolute atomic E-state index is 0.205. The molecule has 0 aliphatic heterocycles. The van der Waals surface area contributed by atoms with E-state index in [-0.39, 0.29) is 11.5 Å². The molecule has 1 aliphatic carbocycles. The number of aryl methyl sites for hydroxylation is 1. The van der Waals surface area contributed by atoms with Gasteiger partial charge in [-0.2, -0.15) is 11.8 Å². The Hall–Kier alpha value is -0.670. The molecule has 1 aromatic rings. The van der Waals surface area contributed by atoms with Crippen LogP contribution in [0.25, 0.3) is 0 Å². The van der Waals surface area contributed by atoms with E-state index in [1.165, 1.54) is 5.69 Å². The van der Waals surface area contributed by atoms with Crippen molar-refractivity contribution in [3.8, 4) is 0 Å². The number of hydrogen-bond donors (Lipinski definition) is 1. The second kappa shape index (κ2) is 5.54. The molecule has 1 heterocycles. The van der Waals surface area contributed by atoms with E-state index in [4.69, 9.17) is 0 Å². The van der Waals surface area contributed by atoms with Gasteiger partial charge in [0.25, 0.3) is 0 Å². The molecule has 1 unspecified atom stereocenters. The monoisotopic (exact) mass is 265 g/mol. The normalized spacial score (nSPS) is 21.6. The van der Waals surface area contributed by atoms with Crippen molar-refractivity contribution in [2.24, 2.45) is 5.41 Å². The smallest absolute Gasteiger partial charge is 0.0812 e. The van der Waals surface area contributed by atoms with E-state index in [1.807, 2.05) is 17.8 Å². The molecule has 0 saturated heterocycles. The average Bonchev–Trinajstić information content (AvgIpc) is 2.66. The summed E-state index contributed by atoms with van der Waals surface area (Å²) in [6.07, 6.45) is 5.73. The number of hydrogen-bond acceptors (Lipinski definition) is 2. The van der Waals surface area contributed by atoms with Crippen LogP contribution in [0.4, 0.5) is 0 Å². The summed E-state index contributed by atoms with van der Waals surface area (Å²) in [6.45, 7) is 9.24. The number of aliphatic hydroxyl groups is 1. The topological polar surface area (TPSA) is 25.2 Å². The van der Waals surface area contributed by atoms with Crippen LogP contribution in [0.15, 0.2) is 24.9 Å². The fraction of sp³-hybridized carbons (Fsp3) is 0.600. The summed E-state index contributed by atoms with van der Waals surface area (Å²) in [7, 11) is 0. The molecule has 1 aliphatic rings. The van der Waals surface area contributed by atoms with Gasteiger partial charge in [0.2, 0.25) is 0 Å². The zero-order valence-electron chi connectivity index (χ0n) is 11.4. The first kappa shape index (κ1) is 13.8. The molecule has 3 heteroatoms. The summed E-state index contributed by atoms with van der Waals surface area (Å²) in [6, 6.07) is 2.09. The molecule has 1 atom stereocenters. The van der Waals surface area contributed by atoms with Gasteiger partial charge >= 0.3 is 0 Å². The van der Waals surface area contributed by atoms with Crippen LogP contribution in [-0.4, -0.2) is 21.2 Å². The van der Waals surface area contributed by atoms with Crippen LogP contribution in [0, 0.1) is 5.41 Å². The highest BCUT2D eigenvalue weighted by atomic mass is 32.2. The van der Waals surface area contributed by atoms with Crippen molar-refractivity contribution in [2.45, 2.75) is 39.3 Å². The molecular weight excluding hydrogens is 242 g/mol. The molecule has 1 aromatic heterocycles. The van der Waals surface area contributed by atoms with E-state index < -0.39 is 0 Å². The largest absolute Gasteiger partial charge is 0.388 e. The number of nitrogens with zero attached hydrogens (tertiary/aromatic N) is 1. The lowest BCUT2D eigenvalue weighted by Gasteiger charge is -2.34. The molecule has 18 heavy (non-hydrogen) atoms. The van der Waals surface area contributed by atoms with E-state index in [2.05, 4.69) is 37.3 Å². The lowest BCUT2D eigenvalue weighted by Crippen LogP contribution is -2.27. The first-order valence-electron chi connectivity index (χ1n) is 6.58. The van der Waals surface area contributed by atoms with Crippen LogP contribution < -0.4 is 0 Å². The van der Waals surface area contributed by atoms with Crippen LogP contribution in [-0.2, 0) is 13.0 Å². The summed E-state index contributed by atoms with van der Waals surface area (Å²) in [4.78, 5) is 0. The van der Waals surface area contributed by atoms with Crippen LogP contribution >= 0.6 is 11.8 Å². The second-order valence-electron chi connectivity index (χ2n) is 5.84. The summed E-state index contributed by atoms with van der Waals surface area (Å²) >= 11 is 1.90. The summed E-state index contributed by atoms with van der Waals surface area (Å²) in [5.74, 6) is 2.11. The van der Waals surface area contributed by atoms with Gasteiger partial charge in [-0.3, -0.25) is 0 Å². The predicted molar refractivity (Wildman–Crippen MR) is 79.0 cm³/mol. The van der Waals surface area contributed by atoms with Gasteiger partial charge in [-0.05, 0) is 24.3 Å². The first-order chi connectivity index (χ1) is 8.53. The van der Waals surface area contributed by atoms with Gasteiger partial charge in [0, 0.05) is 35.5 Å². The summed E-state index contributed by atoms with van der Waals surface area (Å²) in [5.41, 5.74) is 2.68. The molecule has 0 bridgehead atoms. The zero-order chi connectivity index (χ0) is 13.2. The predicted octanol–water partition coefficient (Wildman–Crippen LogP) is 3.41. The van der Waals surface area contributed by atoms with Gasteiger partial charge in [0.15, 0.2) is 0 Å². The van der Waals surface area contributed by atoms with Crippen LogP contribution in [0.2, 0.25) is 0 Å². The fourth-order valence-electron chi connectivity index (χ4n) is 2.73. The van der Waals surface area contributed by atoms with E-state index >= 15 is 0 Å². The zero-order valence-corrected chi connectivity index (χ0v) is 12.2. The quantitative estimate of drug-likeness (QED) is 0.652. The van der Waals surface area contributed by atoms with Gasteiger partial charge in [-0.1, -0.05) is 19.9 Å². The van der Waals surface area contributed by atoms with Crippen molar-refractivity contribution in [1.29, 1.82) is 0 Å².